The molecule has 7 heteroatoms. The molecular formula is C16H19N3O3S. The maximum atomic E-state index is 12.1. The standard InChI is InChI=1S/C16H19N3O3S/c20-14(4-1-12-5-10-23-11-12)18-6-8-19(9-7-18)16(22)15(21)17-13-2-3-13/h1,4-5,10-11,13H,2-3,6-9H2,(H,17,21)/b4-1+. The summed E-state index contributed by atoms with van der Waals surface area (Å²) < 4.78 is 0. The minimum Gasteiger partial charge on any atom is -0.345 e. The monoisotopic (exact) mass is 333 g/mol. The van der Waals surface area contributed by atoms with Gasteiger partial charge in [0.05, 0.1) is 0 Å². The van der Waals surface area contributed by atoms with E-state index in [-0.39, 0.29) is 11.9 Å². The molecule has 0 aromatic carbocycles. The van der Waals surface area contributed by atoms with Crippen molar-refractivity contribution in [1.82, 2.24) is 15.1 Å². The van der Waals surface area contributed by atoms with Gasteiger partial charge in [0.1, 0.15) is 0 Å². The van der Waals surface area contributed by atoms with Crippen molar-refractivity contribution in [2.45, 2.75) is 18.9 Å². The van der Waals surface area contributed by atoms with Crippen LogP contribution < -0.4 is 5.32 Å². The second-order valence-corrected chi connectivity index (χ2v) is 6.54. The third-order valence-electron chi connectivity index (χ3n) is 3.95. The fourth-order valence-electron chi connectivity index (χ4n) is 2.39. The minimum absolute atomic E-state index is 0.0641. The third kappa shape index (κ3) is 4.19. The Morgan fingerprint density at radius 3 is 2.43 bits per heavy atom. The lowest BCUT2D eigenvalue weighted by atomic mass is 10.2. The fourth-order valence-corrected chi connectivity index (χ4v) is 3.02. The van der Waals surface area contributed by atoms with E-state index in [1.54, 1.807) is 28.4 Å². The number of nitrogens with one attached hydrogen (secondary N) is 1. The van der Waals surface area contributed by atoms with Crippen LogP contribution >= 0.6 is 11.3 Å². The first-order valence-electron chi connectivity index (χ1n) is 7.72. The molecule has 1 aromatic heterocycles. The van der Waals surface area contributed by atoms with Gasteiger partial charge in [0.2, 0.25) is 5.91 Å². The lowest BCUT2D eigenvalue weighted by Crippen LogP contribution is -2.53. The zero-order chi connectivity index (χ0) is 16.2. The number of carbonyl (C=O) groups is 3. The third-order valence-corrected chi connectivity index (χ3v) is 4.65. The smallest absolute Gasteiger partial charge is 0.312 e. The molecule has 1 saturated heterocycles. The van der Waals surface area contributed by atoms with Crippen molar-refractivity contribution in [2.24, 2.45) is 0 Å². The van der Waals surface area contributed by atoms with Crippen LogP contribution in [0.2, 0.25) is 0 Å². The van der Waals surface area contributed by atoms with Crippen molar-refractivity contribution in [3.8, 4) is 0 Å². The van der Waals surface area contributed by atoms with Gasteiger partial charge in [-0.05, 0) is 41.3 Å². The highest BCUT2D eigenvalue weighted by molar-refractivity contribution is 7.08. The summed E-state index contributed by atoms with van der Waals surface area (Å²) in [7, 11) is 0. The molecule has 2 fully saturated rings. The molecule has 1 aliphatic heterocycles. The van der Waals surface area contributed by atoms with Crippen molar-refractivity contribution in [3.63, 3.8) is 0 Å². The molecule has 1 saturated carbocycles. The van der Waals surface area contributed by atoms with Crippen LogP contribution in [0.25, 0.3) is 6.08 Å². The molecule has 0 unspecified atom stereocenters. The summed E-state index contributed by atoms with van der Waals surface area (Å²) in [4.78, 5) is 39.1. The molecule has 1 aliphatic carbocycles. The molecule has 0 atom stereocenters. The molecular weight excluding hydrogens is 314 g/mol. The molecule has 3 amide bonds. The van der Waals surface area contributed by atoms with Gasteiger partial charge in [0.15, 0.2) is 0 Å². The number of piperazine rings is 1. The Morgan fingerprint density at radius 2 is 1.83 bits per heavy atom. The van der Waals surface area contributed by atoms with Gasteiger partial charge in [-0.15, -0.1) is 0 Å². The Balaban J connectivity index is 1.46. The Morgan fingerprint density at radius 1 is 1.13 bits per heavy atom. The van der Waals surface area contributed by atoms with Crippen LogP contribution in [0.15, 0.2) is 22.9 Å². The number of nitrogens with zero attached hydrogens (tertiary/aromatic N) is 2. The van der Waals surface area contributed by atoms with Gasteiger partial charge in [-0.1, -0.05) is 0 Å². The summed E-state index contributed by atoms with van der Waals surface area (Å²) in [6.07, 6.45) is 5.26. The maximum Gasteiger partial charge on any atom is 0.312 e. The highest BCUT2D eigenvalue weighted by Crippen LogP contribution is 2.18. The number of carbonyl (C=O) groups excluding carboxylic acids is 3. The predicted molar refractivity (Wildman–Crippen MR) is 87.7 cm³/mol. The van der Waals surface area contributed by atoms with Gasteiger partial charge < -0.3 is 15.1 Å². The summed E-state index contributed by atoms with van der Waals surface area (Å²) >= 11 is 1.58. The van der Waals surface area contributed by atoms with Gasteiger partial charge in [-0.25, -0.2) is 0 Å². The SMILES string of the molecule is O=C(NC1CC1)C(=O)N1CCN(C(=O)/C=C/c2ccsc2)CC1. The Kier molecular flexibility index (Phi) is 4.76. The molecule has 2 heterocycles. The zero-order valence-corrected chi connectivity index (χ0v) is 13.6. The van der Waals surface area contributed by atoms with Gasteiger partial charge in [-0.2, -0.15) is 11.3 Å². The van der Waals surface area contributed by atoms with Gasteiger partial charge in [0, 0.05) is 38.3 Å². The number of amides is 3. The van der Waals surface area contributed by atoms with Crippen LogP contribution in [-0.2, 0) is 14.4 Å². The molecule has 0 radical (unpaired) electrons. The summed E-state index contributed by atoms with van der Waals surface area (Å²) in [5, 5.41) is 6.63. The van der Waals surface area contributed by atoms with Gasteiger partial charge >= 0.3 is 11.8 Å². The molecule has 122 valence electrons. The van der Waals surface area contributed by atoms with Crippen LogP contribution in [-0.4, -0.2) is 59.7 Å². The summed E-state index contributed by atoms with van der Waals surface area (Å²) in [6.45, 7) is 1.70. The van der Waals surface area contributed by atoms with E-state index >= 15 is 0 Å². The van der Waals surface area contributed by atoms with Crippen LogP contribution in [0.3, 0.4) is 0 Å². The summed E-state index contributed by atoms with van der Waals surface area (Å²) in [6, 6.07) is 2.13. The summed E-state index contributed by atoms with van der Waals surface area (Å²) in [5.74, 6) is -1.08. The second-order valence-electron chi connectivity index (χ2n) is 5.76. The van der Waals surface area contributed by atoms with Crippen LogP contribution in [0, 0.1) is 0 Å². The molecule has 1 aromatic rings. The Labute approximate surface area is 138 Å². The topological polar surface area (TPSA) is 69.7 Å². The first-order chi connectivity index (χ1) is 11.1. The van der Waals surface area contributed by atoms with Crippen molar-refractivity contribution in [3.05, 3.63) is 28.5 Å². The van der Waals surface area contributed by atoms with E-state index in [1.807, 2.05) is 16.8 Å². The van der Waals surface area contributed by atoms with E-state index in [9.17, 15) is 14.4 Å². The van der Waals surface area contributed by atoms with E-state index in [1.165, 1.54) is 4.90 Å². The highest BCUT2D eigenvalue weighted by Gasteiger charge is 2.31. The van der Waals surface area contributed by atoms with Crippen molar-refractivity contribution >= 4 is 35.1 Å². The molecule has 23 heavy (non-hydrogen) atoms. The average molecular weight is 333 g/mol. The fraction of sp³-hybridized carbons (Fsp3) is 0.438. The number of hydrogen-bond acceptors (Lipinski definition) is 4. The molecule has 6 nitrogen and oxygen atoms in total. The number of rotatable bonds is 3. The first-order valence-corrected chi connectivity index (χ1v) is 8.67. The van der Waals surface area contributed by atoms with Gasteiger partial charge in [-0.3, -0.25) is 14.4 Å². The average Bonchev–Trinajstić information content (AvgIpc) is 3.23. The van der Waals surface area contributed by atoms with Crippen molar-refractivity contribution < 1.29 is 14.4 Å². The highest BCUT2D eigenvalue weighted by atomic mass is 32.1. The zero-order valence-electron chi connectivity index (χ0n) is 12.7. The van der Waals surface area contributed by atoms with Crippen molar-refractivity contribution in [1.29, 1.82) is 0 Å². The minimum atomic E-state index is -0.523. The molecule has 0 spiro atoms. The Hall–Kier alpha value is -2.15. The first kappa shape index (κ1) is 15.7. The molecule has 2 aliphatic rings. The van der Waals surface area contributed by atoms with Gasteiger partial charge in [0.25, 0.3) is 0 Å². The second kappa shape index (κ2) is 6.95. The largest absolute Gasteiger partial charge is 0.345 e. The molecule has 1 N–H and O–H groups in total. The lowest BCUT2D eigenvalue weighted by Gasteiger charge is -2.33. The van der Waals surface area contributed by atoms with Crippen LogP contribution in [0.1, 0.15) is 18.4 Å². The number of hydrogen-bond donors (Lipinski definition) is 1. The van der Waals surface area contributed by atoms with E-state index in [0.29, 0.717) is 26.2 Å². The predicted octanol–water partition coefficient (Wildman–Crippen LogP) is 0.711. The molecule has 0 bridgehead atoms. The normalized spacial score (nSPS) is 18.3. The van der Waals surface area contributed by atoms with Crippen LogP contribution in [0.5, 0.6) is 0 Å². The van der Waals surface area contributed by atoms with E-state index in [0.717, 1.165) is 18.4 Å². The summed E-state index contributed by atoms with van der Waals surface area (Å²) in [5.41, 5.74) is 1.01. The maximum absolute atomic E-state index is 12.1. The van der Waals surface area contributed by atoms with Crippen LogP contribution in [0.4, 0.5) is 0 Å². The van der Waals surface area contributed by atoms with E-state index in [4.69, 9.17) is 0 Å². The Bertz CT molecular complexity index is 615. The van der Waals surface area contributed by atoms with Crippen molar-refractivity contribution in [2.75, 3.05) is 26.2 Å². The molecule has 3 rings (SSSR count). The van der Waals surface area contributed by atoms with E-state index < -0.39 is 11.8 Å². The number of thiophene rings is 1. The lowest BCUT2D eigenvalue weighted by molar-refractivity contribution is -0.148. The van der Waals surface area contributed by atoms with E-state index in [2.05, 4.69) is 5.32 Å². The quantitative estimate of drug-likeness (QED) is 0.654.